The fraction of sp³-hybridized carbons (Fsp3) is 1.00. The van der Waals surface area contributed by atoms with Crippen LogP contribution >= 0.6 is 11.8 Å². The molecule has 0 atom stereocenters. The lowest BCUT2D eigenvalue weighted by Crippen LogP contribution is -2.37. The summed E-state index contributed by atoms with van der Waals surface area (Å²) in [5.74, 6) is 0. The monoisotopic (exact) mass is 230 g/mol. The van der Waals surface area contributed by atoms with Gasteiger partial charge in [0.1, 0.15) is 9.87 Å². The predicted molar refractivity (Wildman–Crippen MR) is 63.7 cm³/mol. The van der Waals surface area contributed by atoms with Crippen molar-refractivity contribution in [3.8, 4) is 0 Å². The van der Waals surface area contributed by atoms with Gasteiger partial charge >= 0.3 is 0 Å². The van der Waals surface area contributed by atoms with Gasteiger partial charge in [0.25, 0.3) is 0 Å². The van der Waals surface area contributed by atoms with Crippen LogP contribution in [0.15, 0.2) is 0 Å². The Labute approximate surface area is 96.5 Å². The summed E-state index contributed by atoms with van der Waals surface area (Å²) in [6.45, 7) is 0. The van der Waals surface area contributed by atoms with Crippen LogP contribution in [0.5, 0.6) is 0 Å². The van der Waals surface area contributed by atoms with Crippen LogP contribution in [0.3, 0.4) is 0 Å². The number of hydrogen-bond donors (Lipinski definition) is 2. The van der Waals surface area contributed by atoms with E-state index in [2.05, 4.69) is 0 Å². The summed E-state index contributed by atoms with van der Waals surface area (Å²) in [4.78, 5) is -1.27. The minimum Gasteiger partial charge on any atom is -0.379 e. The van der Waals surface area contributed by atoms with Crippen molar-refractivity contribution in [3.63, 3.8) is 0 Å². The van der Waals surface area contributed by atoms with Gasteiger partial charge in [0.15, 0.2) is 0 Å². The van der Waals surface area contributed by atoms with E-state index in [0.717, 1.165) is 51.4 Å². The first-order valence-corrected chi connectivity index (χ1v) is 7.09. The van der Waals surface area contributed by atoms with E-state index < -0.39 is 9.87 Å². The summed E-state index contributed by atoms with van der Waals surface area (Å²) in [5.41, 5.74) is 0. The molecule has 0 bridgehead atoms. The van der Waals surface area contributed by atoms with Gasteiger partial charge in [-0.15, -0.1) is 0 Å². The largest absolute Gasteiger partial charge is 0.379 e. The molecule has 2 nitrogen and oxygen atoms in total. The van der Waals surface area contributed by atoms with E-state index >= 15 is 0 Å². The highest BCUT2D eigenvalue weighted by Gasteiger charge is 2.40. The maximum Gasteiger partial charge on any atom is 0.113 e. The Hall–Kier alpha value is 0.270. The van der Waals surface area contributed by atoms with Crippen molar-refractivity contribution in [1.82, 2.24) is 0 Å². The van der Waals surface area contributed by atoms with Crippen molar-refractivity contribution >= 4 is 11.8 Å². The van der Waals surface area contributed by atoms with Crippen LogP contribution in [0.4, 0.5) is 0 Å². The molecule has 88 valence electrons. The Balaban J connectivity index is 1.93. The Bertz CT molecular complexity index is 184. The molecule has 0 radical (unpaired) electrons. The van der Waals surface area contributed by atoms with E-state index in [1.807, 2.05) is 0 Å². The van der Waals surface area contributed by atoms with E-state index in [9.17, 15) is 10.2 Å². The molecule has 0 heterocycles. The molecule has 2 aliphatic carbocycles. The van der Waals surface area contributed by atoms with E-state index in [1.165, 1.54) is 24.6 Å². The van der Waals surface area contributed by atoms with Crippen LogP contribution in [-0.2, 0) is 0 Å². The van der Waals surface area contributed by atoms with Gasteiger partial charge in [-0.2, -0.15) is 0 Å². The lowest BCUT2D eigenvalue weighted by Gasteiger charge is -2.40. The Morgan fingerprint density at radius 1 is 0.600 bits per heavy atom. The van der Waals surface area contributed by atoms with Gasteiger partial charge in [0, 0.05) is 0 Å². The molecule has 0 aromatic carbocycles. The molecular formula is C12H22O2S. The molecule has 0 spiro atoms. The van der Waals surface area contributed by atoms with Gasteiger partial charge < -0.3 is 10.2 Å². The molecule has 0 unspecified atom stereocenters. The third-order valence-electron chi connectivity index (χ3n) is 3.65. The van der Waals surface area contributed by atoms with Crippen LogP contribution in [0.1, 0.15) is 64.2 Å². The number of hydrogen-bond acceptors (Lipinski definition) is 3. The molecule has 2 fully saturated rings. The van der Waals surface area contributed by atoms with Gasteiger partial charge in [-0.1, -0.05) is 24.6 Å². The molecule has 2 N–H and O–H groups in total. The van der Waals surface area contributed by atoms with Gasteiger partial charge in [0.05, 0.1) is 0 Å². The van der Waals surface area contributed by atoms with Crippen molar-refractivity contribution in [2.24, 2.45) is 0 Å². The van der Waals surface area contributed by atoms with Crippen LogP contribution in [0.2, 0.25) is 0 Å². The first kappa shape index (κ1) is 11.7. The van der Waals surface area contributed by atoms with Crippen molar-refractivity contribution in [2.45, 2.75) is 74.1 Å². The van der Waals surface area contributed by atoms with Crippen LogP contribution in [-0.4, -0.2) is 20.1 Å². The summed E-state index contributed by atoms with van der Waals surface area (Å²) < 4.78 is 0. The third-order valence-corrected chi connectivity index (χ3v) is 5.23. The van der Waals surface area contributed by atoms with Crippen LogP contribution < -0.4 is 0 Å². The van der Waals surface area contributed by atoms with Crippen molar-refractivity contribution in [1.29, 1.82) is 0 Å². The zero-order valence-electron chi connectivity index (χ0n) is 9.37. The van der Waals surface area contributed by atoms with E-state index in [1.54, 1.807) is 0 Å². The van der Waals surface area contributed by atoms with Crippen LogP contribution in [0, 0.1) is 0 Å². The number of rotatable bonds is 2. The fourth-order valence-electron chi connectivity index (χ4n) is 2.77. The normalized spacial score (nSPS) is 30.0. The molecule has 15 heavy (non-hydrogen) atoms. The maximum absolute atomic E-state index is 10.4. The first-order valence-electron chi connectivity index (χ1n) is 6.27. The molecule has 2 aliphatic rings. The third kappa shape index (κ3) is 3.11. The highest BCUT2D eigenvalue weighted by atomic mass is 32.2. The minimum atomic E-state index is -0.635. The smallest absolute Gasteiger partial charge is 0.113 e. The molecular weight excluding hydrogens is 208 g/mol. The second-order valence-corrected chi connectivity index (χ2v) is 6.84. The van der Waals surface area contributed by atoms with Crippen molar-refractivity contribution in [2.75, 3.05) is 0 Å². The summed E-state index contributed by atoms with van der Waals surface area (Å²) in [7, 11) is 0. The van der Waals surface area contributed by atoms with Crippen molar-refractivity contribution < 1.29 is 10.2 Å². The molecule has 0 aromatic rings. The standard InChI is InChI=1S/C12H22O2S/c13-11(7-3-1-4-8-11)15-12(14)9-5-2-6-10-12/h13-14H,1-10H2. The lowest BCUT2D eigenvalue weighted by molar-refractivity contribution is 0.0619. The molecule has 2 saturated carbocycles. The molecule has 0 amide bonds. The second kappa shape index (κ2) is 4.64. The molecule has 0 saturated heterocycles. The maximum atomic E-state index is 10.4. The zero-order chi connectivity index (χ0) is 10.8. The van der Waals surface area contributed by atoms with Gasteiger partial charge in [-0.25, -0.2) is 0 Å². The molecule has 2 rings (SSSR count). The van der Waals surface area contributed by atoms with Gasteiger partial charge in [0.2, 0.25) is 0 Å². The zero-order valence-corrected chi connectivity index (χ0v) is 10.2. The highest BCUT2D eigenvalue weighted by molar-refractivity contribution is 8.01. The van der Waals surface area contributed by atoms with Gasteiger partial charge in [-0.3, -0.25) is 0 Å². The van der Waals surface area contributed by atoms with E-state index in [-0.39, 0.29) is 0 Å². The molecule has 0 aliphatic heterocycles. The predicted octanol–water partition coefficient (Wildman–Crippen LogP) is 3.03. The SMILES string of the molecule is OC1(SC2(O)CCCCC2)CCCCC1. The van der Waals surface area contributed by atoms with Gasteiger partial charge in [-0.05, 0) is 51.4 Å². The topological polar surface area (TPSA) is 40.5 Å². The average Bonchev–Trinajstić information content (AvgIpc) is 2.18. The summed E-state index contributed by atoms with van der Waals surface area (Å²) in [6, 6.07) is 0. The second-order valence-electron chi connectivity index (χ2n) is 5.12. The average molecular weight is 230 g/mol. The first-order chi connectivity index (χ1) is 7.12. The lowest BCUT2D eigenvalue weighted by atomic mass is 9.96. The fourth-order valence-corrected chi connectivity index (χ4v) is 4.46. The Kier molecular flexibility index (Phi) is 3.63. The Morgan fingerprint density at radius 3 is 1.27 bits per heavy atom. The summed E-state index contributed by atoms with van der Waals surface area (Å²) in [6.07, 6.45) is 10.4. The quantitative estimate of drug-likeness (QED) is 0.716. The highest BCUT2D eigenvalue weighted by Crippen LogP contribution is 2.48. The number of aliphatic hydroxyl groups is 2. The van der Waals surface area contributed by atoms with E-state index in [0.29, 0.717) is 0 Å². The molecule has 3 heteroatoms. The minimum absolute atomic E-state index is 0.635. The van der Waals surface area contributed by atoms with Crippen LogP contribution in [0.25, 0.3) is 0 Å². The van der Waals surface area contributed by atoms with E-state index in [4.69, 9.17) is 0 Å². The Morgan fingerprint density at radius 2 is 0.933 bits per heavy atom. The molecule has 0 aromatic heterocycles. The van der Waals surface area contributed by atoms with Crippen molar-refractivity contribution in [3.05, 3.63) is 0 Å². The summed E-state index contributed by atoms with van der Waals surface area (Å²) in [5, 5.41) is 20.8. The summed E-state index contributed by atoms with van der Waals surface area (Å²) >= 11 is 1.46. The number of thioether (sulfide) groups is 1.